The lowest BCUT2D eigenvalue weighted by Crippen LogP contribution is -2.17. The van der Waals surface area contributed by atoms with Gasteiger partial charge in [0.15, 0.2) is 22.2 Å². The Labute approximate surface area is 172 Å². The first-order chi connectivity index (χ1) is 13.9. The van der Waals surface area contributed by atoms with Crippen molar-refractivity contribution in [2.45, 2.75) is 49.8 Å². The highest BCUT2D eigenvalue weighted by atomic mass is 32.2. The summed E-state index contributed by atoms with van der Waals surface area (Å²) in [5, 5.41) is 0. The minimum Gasteiger partial charge on any atom is -0.454 e. The standard InChI is InChI=1S/C23H26O5S/c1-2-29(26,27)22-11-7-6-10-20(22)23(25)28-16-21(24)19-14-12-18(13-15-19)17-8-4-3-5-9-17/h6-7,10-15,17H,2-5,8-9,16H2,1H3. The van der Waals surface area contributed by atoms with Gasteiger partial charge >= 0.3 is 5.97 Å². The van der Waals surface area contributed by atoms with Crippen LogP contribution >= 0.6 is 0 Å². The van der Waals surface area contributed by atoms with Crippen LogP contribution in [0.1, 0.15) is 71.2 Å². The molecule has 0 N–H and O–H groups in total. The van der Waals surface area contributed by atoms with Gasteiger partial charge in [0.2, 0.25) is 0 Å². The summed E-state index contributed by atoms with van der Waals surface area (Å²) in [5.74, 6) is -0.694. The lowest BCUT2D eigenvalue weighted by atomic mass is 9.84. The molecule has 1 fully saturated rings. The Morgan fingerprint density at radius 2 is 1.62 bits per heavy atom. The smallest absolute Gasteiger partial charge is 0.339 e. The van der Waals surface area contributed by atoms with Gasteiger partial charge in [-0.1, -0.05) is 62.6 Å². The highest BCUT2D eigenvalue weighted by Gasteiger charge is 2.22. The summed E-state index contributed by atoms with van der Waals surface area (Å²) >= 11 is 0. The lowest BCUT2D eigenvalue weighted by Gasteiger charge is -2.22. The highest BCUT2D eigenvalue weighted by Crippen LogP contribution is 2.32. The number of esters is 1. The summed E-state index contributed by atoms with van der Waals surface area (Å²) in [6, 6.07) is 13.4. The Morgan fingerprint density at radius 3 is 2.28 bits per heavy atom. The van der Waals surface area contributed by atoms with E-state index >= 15 is 0 Å². The van der Waals surface area contributed by atoms with E-state index in [0.717, 1.165) is 0 Å². The molecule has 2 aromatic rings. The van der Waals surface area contributed by atoms with E-state index in [1.165, 1.54) is 56.7 Å². The van der Waals surface area contributed by atoms with Crippen LogP contribution in [-0.2, 0) is 14.6 Å². The molecule has 0 aliphatic heterocycles. The molecule has 1 saturated carbocycles. The predicted octanol–water partition coefficient (Wildman–Crippen LogP) is 4.57. The Balaban J connectivity index is 1.64. The SMILES string of the molecule is CCS(=O)(=O)c1ccccc1C(=O)OCC(=O)c1ccc(C2CCCCC2)cc1. The molecule has 5 nitrogen and oxygen atoms in total. The number of carbonyl (C=O) groups excluding carboxylic acids is 2. The number of Topliss-reactive ketones (excluding diaryl/α,β-unsaturated/α-hetero) is 1. The van der Waals surface area contributed by atoms with E-state index in [1.54, 1.807) is 24.3 Å². The predicted molar refractivity (Wildman–Crippen MR) is 111 cm³/mol. The molecule has 0 aromatic heterocycles. The van der Waals surface area contributed by atoms with E-state index in [2.05, 4.69) is 0 Å². The van der Waals surface area contributed by atoms with Gasteiger partial charge < -0.3 is 4.74 Å². The van der Waals surface area contributed by atoms with Crippen LogP contribution in [0.25, 0.3) is 0 Å². The molecule has 2 aromatic carbocycles. The molecule has 3 rings (SSSR count). The van der Waals surface area contributed by atoms with Gasteiger partial charge in [0.25, 0.3) is 0 Å². The number of sulfone groups is 1. The van der Waals surface area contributed by atoms with Gasteiger partial charge in [-0.05, 0) is 36.5 Å². The summed E-state index contributed by atoms with van der Waals surface area (Å²) in [7, 11) is -3.57. The van der Waals surface area contributed by atoms with Crippen LogP contribution in [0.4, 0.5) is 0 Å². The number of ketones is 1. The maximum atomic E-state index is 12.4. The van der Waals surface area contributed by atoms with Crippen LogP contribution in [0.2, 0.25) is 0 Å². The Morgan fingerprint density at radius 1 is 0.966 bits per heavy atom. The van der Waals surface area contributed by atoms with Crippen molar-refractivity contribution in [1.82, 2.24) is 0 Å². The van der Waals surface area contributed by atoms with Crippen molar-refractivity contribution in [3.8, 4) is 0 Å². The molecule has 0 amide bonds. The first kappa shape index (κ1) is 21.2. The second-order valence-electron chi connectivity index (χ2n) is 7.36. The normalized spacial score (nSPS) is 15.1. The molecule has 0 saturated heterocycles. The fourth-order valence-electron chi connectivity index (χ4n) is 3.73. The van der Waals surface area contributed by atoms with E-state index in [-0.39, 0.29) is 22.0 Å². The van der Waals surface area contributed by atoms with Crippen LogP contribution in [-0.4, -0.2) is 32.5 Å². The number of hydrogen-bond acceptors (Lipinski definition) is 5. The number of ether oxygens (including phenoxy) is 1. The molecule has 0 unspecified atom stereocenters. The molecule has 0 bridgehead atoms. The molecular weight excluding hydrogens is 388 g/mol. The molecule has 0 spiro atoms. The molecule has 0 radical (unpaired) electrons. The minimum atomic E-state index is -3.57. The molecule has 1 aliphatic carbocycles. The Bertz CT molecular complexity index is 971. The average Bonchev–Trinajstić information content (AvgIpc) is 2.78. The number of benzene rings is 2. The van der Waals surface area contributed by atoms with Crippen LogP contribution in [0, 0.1) is 0 Å². The van der Waals surface area contributed by atoms with Crippen molar-refractivity contribution in [2.24, 2.45) is 0 Å². The molecule has 0 atom stereocenters. The maximum Gasteiger partial charge on any atom is 0.339 e. The van der Waals surface area contributed by atoms with Gasteiger partial charge in [0.05, 0.1) is 16.2 Å². The Hall–Kier alpha value is -2.47. The van der Waals surface area contributed by atoms with Gasteiger partial charge in [-0.3, -0.25) is 4.79 Å². The van der Waals surface area contributed by atoms with E-state index in [0.29, 0.717) is 11.5 Å². The van der Waals surface area contributed by atoms with Crippen molar-refractivity contribution in [2.75, 3.05) is 12.4 Å². The van der Waals surface area contributed by atoms with Crippen molar-refractivity contribution in [1.29, 1.82) is 0 Å². The zero-order valence-corrected chi connectivity index (χ0v) is 17.4. The van der Waals surface area contributed by atoms with Gasteiger partial charge in [0, 0.05) is 5.56 Å². The maximum absolute atomic E-state index is 12.4. The fraction of sp³-hybridized carbons (Fsp3) is 0.391. The molecule has 1 aliphatic rings. The van der Waals surface area contributed by atoms with Gasteiger partial charge in [-0.25, -0.2) is 13.2 Å². The number of hydrogen-bond donors (Lipinski definition) is 0. The quantitative estimate of drug-likeness (QED) is 0.490. The fourth-order valence-corrected chi connectivity index (χ4v) is 4.81. The third kappa shape index (κ3) is 5.12. The summed E-state index contributed by atoms with van der Waals surface area (Å²) in [4.78, 5) is 24.7. The second-order valence-corrected chi connectivity index (χ2v) is 9.60. The summed E-state index contributed by atoms with van der Waals surface area (Å²) in [6.45, 7) is 1.08. The number of carbonyl (C=O) groups is 2. The monoisotopic (exact) mass is 414 g/mol. The van der Waals surface area contributed by atoms with E-state index in [9.17, 15) is 18.0 Å². The third-order valence-corrected chi connectivity index (χ3v) is 7.25. The summed E-state index contributed by atoms with van der Waals surface area (Å²) in [5.41, 5.74) is 1.68. The van der Waals surface area contributed by atoms with Crippen LogP contribution in [0.15, 0.2) is 53.4 Å². The molecule has 29 heavy (non-hydrogen) atoms. The van der Waals surface area contributed by atoms with E-state index < -0.39 is 22.4 Å². The van der Waals surface area contributed by atoms with Gasteiger partial charge in [0.1, 0.15) is 0 Å². The zero-order valence-electron chi connectivity index (χ0n) is 16.6. The third-order valence-electron chi connectivity index (χ3n) is 5.47. The molecular formula is C23H26O5S. The minimum absolute atomic E-state index is 0.0465. The van der Waals surface area contributed by atoms with E-state index in [4.69, 9.17) is 4.74 Å². The van der Waals surface area contributed by atoms with Gasteiger partial charge in [-0.2, -0.15) is 0 Å². The van der Waals surface area contributed by atoms with E-state index in [1.807, 2.05) is 12.1 Å². The summed E-state index contributed by atoms with van der Waals surface area (Å²) in [6.07, 6.45) is 6.16. The van der Waals surface area contributed by atoms with Crippen LogP contribution in [0.5, 0.6) is 0 Å². The van der Waals surface area contributed by atoms with Gasteiger partial charge in [-0.15, -0.1) is 0 Å². The second kappa shape index (κ2) is 9.35. The summed E-state index contributed by atoms with van der Waals surface area (Å²) < 4.78 is 29.5. The molecule has 6 heteroatoms. The first-order valence-corrected chi connectivity index (χ1v) is 11.7. The topological polar surface area (TPSA) is 77.5 Å². The van der Waals surface area contributed by atoms with Crippen molar-refractivity contribution in [3.05, 3.63) is 65.2 Å². The van der Waals surface area contributed by atoms with Crippen LogP contribution in [0.3, 0.4) is 0 Å². The molecule has 154 valence electrons. The number of rotatable bonds is 7. The van der Waals surface area contributed by atoms with Crippen molar-refractivity contribution in [3.63, 3.8) is 0 Å². The van der Waals surface area contributed by atoms with Crippen LogP contribution < -0.4 is 0 Å². The highest BCUT2D eigenvalue weighted by molar-refractivity contribution is 7.91. The average molecular weight is 415 g/mol. The van der Waals surface area contributed by atoms with Crippen molar-refractivity contribution < 1.29 is 22.7 Å². The van der Waals surface area contributed by atoms with Crippen molar-refractivity contribution >= 4 is 21.6 Å². The lowest BCUT2D eigenvalue weighted by molar-refractivity contribution is 0.0471. The Kier molecular flexibility index (Phi) is 6.85. The zero-order chi connectivity index (χ0) is 20.9. The molecule has 0 heterocycles. The largest absolute Gasteiger partial charge is 0.454 e. The first-order valence-electron chi connectivity index (χ1n) is 10.0.